The largest absolute Gasteiger partial charge is 0.478 e. The Kier molecular flexibility index (Phi) is 13.0. The molecule has 0 saturated carbocycles. The van der Waals surface area contributed by atoms with Crippen molar-refractivity contribution in [2.24, 2.45) is 30.7 Å². The molecule has 56 heavy (non-hydrogen) atoms. The van der Waals surface area contributed by atoms with Gasteiger partial charge in [0, 0.05) is 12.3 Å². The number of azo groups is 3. The molecular formula is C30H30N8O14S4. The van der Waals surface area contributed by atoms with Crippen molar-refractivity contribution in [3.8, 4) is 5.75 Å². The predicted molar refractivity (Wildman–Crippen MR) is 199 cm³/mol. The summed E-state index contributed by atoms with van der Waals surface area (Å²) in [5.74, 6) is -3.63. The average Bonchev–Trinajstić information content (AvgIpc) is 3.09. The molecular weight excluding hydrogens is 825 g/mol. The highest BCUT2D eigenvalue weighted by atomic mass is 32.3. The van der Waals surface area contributed by atoms with Crippen LogP contribution < -0.4 is 16.2 Å². The highest BCUT2D eigenvalue weighted by Gasteiger charge is 2.27. The zero-order valence-corrected chi connectivity index (χ0v) is 32.0. The van der Waals surface area contributed by atoms with Gasteiger partial charge in [-0.3, -0.25) is 9.11 Å². The van der Waals surface area contributed by atoms with Crippen LogP contribution in [0.3, 0.4) is 0 Å². The number of carboxylic acids is 1. The van der Waals surface area contributed by atoms with Gasteiger partial charge in [-0.15, -0.1) is 20.5 Å². The number of anilines is 2. The fourth-order valence-corrected chi connectivity index (χ4v) is 6.81. The fraction of sp³-hybridized carbons (Fsp3) is 0.167. The molecule has 0 unspecified atom stereocenters. The van der Waals surface area contributed by atoms with Crippen LogP contribution in [-0.4, -0.2) is 78.4 Å². The third kappa shape index (κ3) is 11.6. The molecule has 0 saturated heterocycles. The standard InChI is InChI=1S/C30H30N8O14S4/c1-17-3-5-18(6-4-17)33-36-27-24(30(39)40)28(37-35-22-12-9-20(51-16-53(2,41)42)15-23(22)55(45,46)47)26(32)29(25(27)31)38-34-19-7-10-21(11-8-19)54(43,44)14-13-52-56(48,49)50/h3-12,15H,13-14,16,31-32H2,1-2H3,(H,39,40)(H,45,46,47)(H,48,49,50)/b36-33?,37-35?,38-34-. The highest BCUT2D eigenvalue weighted by molar-refractivity contribution is 7.91. The topological polar surface area (TPSA) is 359 Å². The van der Waals surface area contributed by atoms with Crippen molar-refractivity contribution >= 4 is 91.7 Å². The van der Waals surface area contributed by atoms with Crippen LogP contribution in [0.15, 0.2) is 107 Å². The van der Waals surface area contributed by atoms with Gasteiger partial charge in [0.15, 0.2) is 25.6 Å². The molecule has 0 aliphatic heterocycles. The van der Waals surface area contributed by atoms with Crippen molar-refractivity contribution in [2.45, 2.75) is 16.7 Å². The minimum atomic E-state index is -5.07. The number of benzene rings is 4. The van der Waals surface area contributed by atoms with E-state index in [4.69, 9.17) is 20.8 Å². The Morgan fingerprint density at radius 1 is 0.714 bits per heavy atom. The van der Waals surface area contributed by atoms with E-state index in [2.05, 4.69) is 34.9 Å². The summed E-state index contributed by atoms with van der Waals surface area (Å²) in [5.41, 5.74) is 9.76. The van der Waals surface area contributed by atoms with Crippen molar-refractivity contribution < 1.29 is 61.6 Å². The maximum absolute atomic E-state index is 12.7. The normalized spacial score (nSPS) is 12.9. The molecule has 0 spiro atoms. The first-order valence-corrected chi connectivity index (χ1v) is 21.6. The molecule has 4 aromatic rings. The number of hydrogen-bond donors (Lipinski definition) is 5. The van der Waals surface area contributed by atoms with Crippen LogP contribution in [0.2, 0.25) is 0 Å². The Morgan fingerprint density at radius 2 is 1.23 bits per heavy atom. The zero-order valence-electron chi connectivity index (χ0n) is 28.8. The monoisotopic (exact) mass is 854 g/mol. The van der Waals surface area contributed by atoms with E-state index in [1.807, 2.05) is 6.92 Å². The van der Waals surface area contributed by atoms with Gasteiger partial charge in [-0.25, -0.2) is 25.8 Å². The number of aryl methyl sites for hydroxylation is 1. The van der Waals surface area contributed by atoms with Crippen molar-refractivity contribution in [1.82, 2.24) is 0 Å². The smallest absolute Gasteiger partial charge is 0.397 e. The summed E-state index contributed by atoms with van der Waals surface area (Å²) < 4.78 is 122. The molecule has 0 aliphatic rings. The van der Waals surface area contributed by atoms with E-state index in [0.717, 1.165) is 42.2 Å². The first kappa shape index (κ1) is 43.0. The number of sulfone groups is 2. The molecule has 4 rings (SSSR count). The van der Waals surface area contributed by atoms with E-state index in [1.54, 1.807) is 24.3 Å². The lowest BCUT2D eigenvalue weighted by molar-refractivity contribution is 0.0698. The highest BCUT2D eigenvalue weighted by Crippen LogP contribution is 2.49. The summed E-state index contributed by atoms with van der Waals surface area (Å²) in [7, 11) is -17.7. The number of carboxylic acid groups (broad SMARTS) is 1. The maximum Gasteiger partial charge on any atom is 0.397 e. The van der Waals surface area contributed by atoms with Crippen LogP contribution in [-0.2, 0) is 44.4 Å². The number of hydrogen-bond acceptors (Lipinski definition) is 19. The zero-order chi connectivity index (χ0) is 41.6. The Morgan fingerprint density at radius 3 is 1.73 bits per heavy atom. The van der Waals surface area contributed by atoms with Gasteiger partial charge >= 0.3 is 16.4 Å². The van der Waals surface area contributed by atoms with Crippen molar-refractivity contribution in [3.63, 3.8) is 0 Å². The molecule has 22 nitrogen and oxygen atoms in total. The van der Waals surface area contributed by atoms with Gasteiger partial charge in [0.1, 0.15) is 39.0 Å². The van der Waals surface area contributed by atoms with Gasteiger partial charge in [-0.05, 0) is 55.5 Å². The van der Waals surface area contributed by atoms with E-state index in [-0.39, 0.29) is 22.0 Å². The lowest BCUT2D eigenvalue weighted by atomic mass is 10.1. The summed E-state index contributed by atoms with van der Waals surface area (Å²) in [4.78, 5) is 11.5. The number of nitrogens with two attached hydrogens (primary N) is 2. The number of nitrogens with zero attached hydrogens (tertiary/aromatic N) is 6. The van der Waals surface area contributed by atoms with Crippen LogP contribution in [0.5, 0.6) is 5.75 Å². The maximum atomic E-state index is 12.7. The summed E-state index contributed by atoms with van der Waals surface area (Å²) in [5, 5.41) is 34.0. The fourth-order valence-electron chi connectivity index (χ4n) is 4.34. The first-order valence-electron chi connectivity index (χ1n) is 15.1. The molecule has 0 amide bonds. The van der Waals surface area contributed by atoms with Gasteiger partial charge in [0.05, 0.1) is 40.0 Å². The third-order valence-electron chi connectivity index (χ3n) is 6.96. The van der Waals surface area contributed by atoms with E-state index >= 15 is 0 Å². The lowest BCUT2D eigenvalue weighted by Crippen LogP contribution is -2.15. The van der Waals surface area contributed by atoms with E-state index in [0.29, 0.717) is 0 Å². The number of ether oxygens (including phenoxy) is 1. The SMILES string of the molecule is Cc1ccc(N=Nc2c(N)c(/N=N\c3ccc(S(=O)(=O)CCOS(=O)(=O)O)cc3)c(N)c(N=Nc3ccc(OCS(C)(=O)=O)cc3S(=O)(=O)O)c2C(=O)O)cc1. The summed E-state index contributed by atoms with van der Waals surface area (Å²) in [6.45, 7) is 0.952. The van der Waals surface area contributed by atoms with E-state index in [9.17, 15) is 48.1 Å². The Bertz CT molecular complexity index is 2710. The molecule has 0 atom stereocenters. The Balaban J connectivity index is 1.85. The summed E-state index contributed by atoms with van der Waals surface area (Å²) in [6, 6.07) is 14.0. The molecule has 298 valence electrons. The average molecular weight is 855 g/mol. The second-order valence-corrected chi connectivity index (χ2v) is 18.0. The number of rotatable bonds is 16. The van der Waals surface area contributed by atoms with Crippen molar-refractivity contribution in [3.05, 3.63) is 77.9 Å². The summed E-state index contributed by atoms with van der Waals surface area (Å²) in [6.07, 6.45) is 0.861. The van der Waals surface area contributed by atoms with E-state index < -0.39 is 109 Å². The quantitative estimate of drug-likeness (QED) is 0.0540. The van der Waals surface area contributed by atoms with E-state index in [1.165, 1.54) is 12.1 Å². The predicted octanol–water partition coefficient (Wildman–Crippen LogP) is 5.32. The number of aromatic carboxylic acids is 1. The lowest BCUT2D eigenvalue weighted by Gasteiger charge is -2.13. The van der Waals surface area contributed by atoms with Crippen LogP contribution in [0.4, 0.5) is 45.5 Å². The molecule has 0 aromatic heterocycles. The van der Waals surface area contributed by atoms with Crippen LogP contribution >= 0.6 is 0 Å². The molecule has 0 aliphatic carbocycles. The number of nitrogen functional groups attached to an aromatic ring is 2. The molecule has 0 bridgehead atoms. The molecule has 0 fully saturated rings. The van der Waals surface area contributed by atoms with Gasteiger partial charge in [0.25, 0.3) is 10.1 Å². The van der Waals surface area contributed by atoms with Gasteiger partial charge in [-0.1, -0.05) is 17.7 Å². The first-order chi connectivity index (χ1) is 25.9. The molecule has 7 N–H and O–H groups in total. The molecule has 0 radical (unpaired) electrons. The molecule has 26 heteroatoms. The van der Waals surface area contributed by atoms with Crippen molar-refractivity contribution in [2.75, 3.05) is 36.0 Å². The van der Waals surface area contributed by atoms with Crippen molar-refractivity contribution in [1.29, 1.82) is 0 Å². The second kappa shape index (κ2) is 16.9. The number of carbonyl (C=O) groups is 1. The Hall–Kier alpha value is -5.77. The minimum absolute atomic E-state index is 0.00114. The molecule has 4 aromatic carbocycles. The Labute approximate surface area is 319 Å². The van der Waals surface area contributed by atoms with Gasteiger partial charge in [0.2, 0.25) is 0 Å². The van der Waals surface area contributed by atoms with Gasteiger partial charge in [-0.2, -0.15) is 27.1 Å². The van der Waals surface area contributed by atoms with Gasteiger partial charge < -0.3 is 21.3 Å². The van der Waals surface area contributed by atoms with Crippen LogP contribution in [0.25, 0.3) is 0 Å². The third-order valence-corrected chi connectivity index (χ3v) is 10.5. The summed E-state index contributed by atoms with van der Waals surface area (Å²) >= 11 is 0. The second-order valence-electron chi connectivity index (χ2n) is 11.3. The molecule has 0 heterocycles. The van der Waals surface area contributed by atoms with Crippen LogP contribution in [0, 0.1) is 6.92 Å². The minimum Gasteiger partial charge on any atom is -0.478 e. The van der Waals surface area contributed by atoms with Crippen LogP contribution in [0.1, 0.15) is 15.9 Å².